The molecule has 0 fully saturated rings. The Morgan fingerprint density at radius 3 is 2.52 bits per heavy atom. The van der Waals surface area contributed by atoms with Gasteiger partial charge < -0.3 is 9.32 Å². The fourth-order valence-corrected chi connectivity index (χ4v) is 2.62. The maximum absolute atomic E-state index is 12.5. The van der Waals surface area contributed by atoms with Crippen LogP contribution in [0, 0.1) is 6.92 Å². The number of nitrogens with zero attached hydrogens (tertiary/aromatic N) is 1. The Hall–Kier alpha value is -2.55. The number of hydrogen-bond donors (Lipinski definition) is 0. The Balaban J connectivity index is 1.74. The first kappa shape index (κ1) is 15.3. The quantitative estimate of drug-likeness (QED) is 0.711. The molecule has 0 spiro atoms. The van der Waals surface area contributed by atoms with Gasteiger partial charge in [0.2, 0.25) is 5.91 Å². The molecule has 3 nitrogen and oxygen atoms in total. The van der Waals surface area contributed by atoms with Crippen molar-refractivity contribution in [2.45, 2.75) is 26.3 Å². The van der Waals surface area contributed by atoms with Gasteiger partial charge in [-0.15, -0.1) is 0 Å². The monoisotopic (exact) mass is 307 g/mol. The Kier molecular flexibility index (Phi) is 4.20. The first-order valence-corrected chi connectivity index (χ1v) is 7.84. The van der Waals surface area contributed by atoms with Crippen molar-refractivity contribution in [1.82, 2.24) is 4.90 Å². The average molecular weight is 307 g/mol. The van der Waals surface area contributed by atoms with Crippen molar-refractivity contribution >= 4 is 16.9 Å². The lowest BCUT2D eigenvalue weighted by atomic mass is 10.1. The summed E-state index contributed by atoms with van der Waals surface area (Å²) < 4.78 is 5.87. The zero-order valence-corrected chi connectivity index (χ0v) is 13.7. The van der Waals surface area contributed by atoms with Gasteiger partial charge in [0.1, 0.15) is 11.3 Å². The molecule has 1 aromatic heterocycles. The number of rotatable bonds is 4. The highest BCUT2D eigenvalue weighted by Gasteiger charge is 2.20. The van der Waals surface area contributed by atoms with E-state index >= 15 is 0 Å². The van der Waals surface area contributed by atoms with E-state index in [9.17, 15) is 4.79 Å². The third kappa shape index (κ3) is 3.29. The van der Waals surface area contributed by atoms with Crippen molar-refractivity contribution in [1.29, 1.82) is 0 Å². The number of hydrogen-bond acceptors (Lipinski definition) is 2. The summed E-state index contributed by atoms with van der Waals surface area (Å²) in [6, 6.07) is 17.9. The fourth-order valence-electron chi connectivity index (χ4n) is 2.62. The van der Waals surface area contributed by atoms with Gasteiger partial charge in [-0.2, -0.15) is 0 Å². The maximum Gasteiger partial charge on any atom is 0.227 e. The molecule has 1 atom stereocenters. The van der Waals surface area contributed by atoms with Crippen molar-refractivity contribution in [2.75, 3.05) is 7.05 Å². The van der Waals surface area contributed by atoms with Crippen molar-refractivity contribution in [3.63, 3.8) is 0 Å². The maximum atomic E-state index is 12.5. The molecule has 0 aliphatic heterocycles. The minimum absolute atomic E-state index is 0.0850. The third-order valence-corrected chi connectivity index (χ3v) is 4.31. The second-order valence-electron chi connectivity index (χ2n) is 6.03. The van der Waals surface area contributed by atoms with Crippen LogP contribution in [-0.4, -0.2) is 17.9 Å². The molecule has 0 bridgehead atoms. The minimum Gasteiger partial charge on any atom is -0.459 e. The van der Waals surface area contributed by atoms with Crippen molar-refractivity contribution < 1.29 is 9.21 Å². The molecule has 1 unspecified atom stereocenters. The molecule has 0 aliphatic rings. The van der Waals surface area contributed by atoms with E-state index < -0.39 is 0 Å². The molecule has 1 amide bonds. The lowest BCUT2D eigenvalue weighted by Crippen LogP contribution is -2.30. The van der Waals surface area contributed by atoms with E-state index in [4.69, 9.17) is 4.42 Å². The Morgan fingerprint density at radius 1 is 1.13 bits per heavy atom. The predicted octanol–water partition coefficient (Wildman–Crippen LogP) is 4.50. The number of benzene rings is 2. The number of carbonyl (C=O) groups is 1. The van der Waals surface area contributed by atoms with Crippen LogP contribution in [0.15, 0.2) is 59.0 Å². The highest BCUT2D eigenvalue weighted by molar-refractivity contribution is 5.80. The van der Waals surface area contributed by atoms with E-state index in [1.807, 2.05) is 75.5 Å². The standard InChI is InChI=1S/C20H21NO2/c1-14-8-10-16(11-9-14)12-20(22)21(3)15(2)19-13-17-6-4-5-7-18(17)23-19/h4-11,13,15H,12H2,1-3H3. The number of fused-ring (bicyclic) bond motifs is 1. The van der Waals surface area contributed by atoms with E-state index in [2.05, 4.69) is 0 Å². The summed E-state index contributed by atoms with van der Waals surface area (Å²) in [7, 11) is 1.83. The highest BCUT2D eigenvalue weighted by atomic mass is 16.3. The molecular formula is C20H21NO2. The van der Waals surface area contributed by atoms with Gasteiger partial charge >= 0.3 is 0 Å². The van der Waals surface area contributed by atoms with Crippen LogP contribution in [0.25, 0.3) is 11.0 Å². The summed E-state index contributed by atoms with van der Waals surface area (Å²) >= 11 is 0. The van der Waals surface area contributed by atoms with Crippen LogP contribution in [0.5, 0.6) is 0 Å². The second kappa shape index (κ2) is 6.29. The Labute approximate surface area is 136 Å². The molecular weight excluding hydrogens is 286 g/mol. The SMILES string of the molecule is Cc1ccc(CC(=O)N(C)C(C)c2cc3ccccc3o2)cc1. The van der Waals surface area contributed by atoms with Gasteiger partial charge in [-0.1, -0.05) is 48.0 Å². The lowest BCUT2D eigenvalue weighted by molar-refractivity contribution is -0.131. The lowest BCUT2D eigenvalue weighted by Gasteiger charge is -2.23. The van der Waals surface area contributed by atoms with Crippen molar-refractivity contribution in [2.24, 2.45) is 0 Å². The smallest absolute Gasteiger partial charge is 0.227 e. The minimum atomic E-state index is -0.0969. The van der Waals surface area contributed by atoms with Crippen LogP contribution in [0.4, 0.5) is 0 Å². The summed E-state index contributed by atoms with van der Waals surface area (Å²) in [6.45, 7) is 4.03. The zero-order valence-electron chi connectivity index (χ0n) is 13.7. The van der Waals surface area contributed by atoms with Crippen LogP contribution in [0.3, 0.4) is 0 Å². The number of carbonyl (C=O) groups excluding carboxylic acids is 1. The Morgan fingerprint density at radius 2 is 1.83 bits per heavy atom. The predicted molar refractivity (Wildman–Crippen MR) is 92.3 cm³/mol. The van der Waals surface area contributed by atoms with Crippen LogP contribution in [-0.2, 0) is 11.2 Å². The summed E-state index contributed by atoms with van der Waals surface area (Å²) in [5, 5.41) is 1.06. The molecule has 0 aliphatic carbocycles. The van der Waals surface area contributed by atoms with Gasteiger partial charge in [-0.25, -0.2) is 0 Å². The number of aryl methyl sites for hydroxylation is 1. The molecule has 2 aromatic carbocycles. The van der Waals surface area contributed by atoms with Gasteiger partial charge in [0.05, 0.1) is 12.5 Å². The number of furan rings is 1. The van der Waals surface area contributed by atoms with E-state index in [1.54, 1.807) is 4.90 Å². The zero-order chi connectivity index (χ0) is 16.4. The second-order valence-corrected chi connectivity index (χ2v) is 6.03. The van der Waals surface area contributed by atoms with Crippen LogP contribution in [0.2, 0.25) is 0 Å². The van der Waals surface area contributed by atoms with Gasteiger partial charge in [0.15, 0.2) is 0 Å². The van der Waals surface area contributed by atoms with Gasteiger partial charge in [0.25, 0.3) is 0 Å². The van der Waals surface area contributed by atoms with Gasteiger partial charge in [0, 0.05) is 12.4 Å². The van der Waals surface area contributed by atoms with Gasteiger partial charge in [-0.3, -0.25) is 4.79 Å². The molecule has 3 rings (SSSR count). The fraction of sp³-hybridized carbons (Fsp3) is 0.250. The third-order valence-electron chi connectivity index (χ3n) is 4.31. The molecule has 3 heteroatoms. The summed E-state index contributed by atoms with van der Waals surface area (Å²) in [5.74, 6) is 0.896. The summed E-state index contributed by atoms with van der Waals surface area (Å²) in [4.78, 5) is 14.3. The molecule has 1 heterocycles. The summed E-state index contributed by atoms with van der Waals surface area (Å²) in [5.41, 5.74) is 3.09. The van der Waals surface area contributed by atoms with Crippen LogP contribution in [0.1, 0.15) is 29.9 Å². The molecule has 0 N–H and O–H groups in total. The van der Waals surface area contributed by atoms with Crippen LogP contribution >= 0.6 is 0 Å². The van der Waals surface area contributed by atoms with Crippen molar-refractivity contribution in [3.05, 3.63) is 71.5 Å². The number of likely N-dealkylation sites (N-methyl/N-ethyl adjacent to an activating group) is 1. The van der Waals surface area contributed by atoms with E-state index in [1.165, 1.54) is 5.56 Å². The molecule has 0 saturated carbocycles. The normalized spacial score (nSPS) is 12.3. The molecule has 0 saturated heterocycles. The van der Waals surface area contributed by atoms with E-state index in [-0.39, 0.29) is 11.9 Å². The average Bonchev–Trinajstić information content (AvgIpc) is 2.99. The van der Waals surface area contributed by atoms with Gasteiger partial charge in [-0.05, 0) is 31.5 Å². The Bertz CT molecular complexity index is 784. The van der Waals surface area contributed by atoms with E-state index in [0.29, 0.717) is 6.42 Å². The van der Waals surface area contributed by atoms with Crippen molar-refractivity contribution in [3.8, 4) is 0 Å². The van der Waals surface area contributed by atoms with Crippen LogP contribution < -0.4 is 0 Å². The topological polar surface area (TPSA) is 33.5 Å². The van der Waals surface area contributed by atoms with E-state index in [0.717, 1.165) is 22.3 Å². The molecule has 23 heavy (non-hydrogen) atoms. The highest BCUT2D eigenvalue weighted by Crippen LogP contribution is 2.27. The molecule has 0 radical (unpaired) electrons. The first-order valence-electron chi connectivity index (χ1n) is 7.84. The molecule has 118 valence electrons. The first-order chi connectivity index (χ1) is 11.0. The number of para-hydroxylation sites is 1. The summed E-state index contributed by atoms with van der Waals surface area (Å²) in [6.07, 6.45) is 0.404. The molecule has 3 aromatic rings. The number of amides is 1. The largest absolute Gasteiger partial charge is 0.459 e.